The Morgan fingerprint density at radius 3 is 2.53 bits per heavy atom. The first-order valence-corrected chi connectivity index (χ1v) is 10.6. The molecule has 162 valence electrons. The molecule has 0 radical (unpaired) electrons. The van der Waals surface area contributed by atoms with Crippen LogP contribution in [-0.4, -0.2) is 15.7 Å². The first-order valence-electron chi connectivity index (χ1n) is 10.6. The number of nitrogens with one attached hydrogen (secondary N) is 1. The van der Waals surface area contributed by atoms with E-state index >= 15 is 0 Å². The Kier molecular flexibility index (Phi) is 6.36. The summed E-state index contributed by atoms with van der Waals surface area (Å²) in [7, 11) is 0. The molecule has 3 aromatic carbocycles. The number of aryl methyl sites for hydroxylation is 3. The average molecular weight is 426 g/mol. The van der Waals surface area contributed by atoms with Crippen LogP contribution in [0.25, 0.3) is 0 Å². The molecule has 0 saturated heterocycles. The molecule has 1 amide bonds. The summed E-state index contributed by atoms with van der Waals surface area (Å²) < 4.78 is 7.77. The largest absolute Gasteiger partial charge is 0.489 e. The number of nitrogens with zero attached hydrogens (tertiary/aromatic N) is 2. The SMILES string of the molecule is Cc1cccc(Cn2cc(NC(=O)c3cccc(COc4ccc(C)cc4C)c3)cn2)c1. The second kappa shape index (κ2) is 9.52. The van der Waals surface area contributed by atoms with Gasteiger partial charge in [-0.05, 0) is 55.7 Å². The normalized spacial score (nSPS) is 10.7. The van der Waals surface area contributed by atoms with Gasteiger partial charge >= 0.3 is 0 Å². The van der Waals surface area contributed by atoms with Crippen LogP contribution in [0.2, 0.25) is 0 Å². The lowest BCUT2D eigenvalue weighted by Gasteiger charge is -2.11. The molecule has 0 aliphatic heterocycles. The Morgan fingerprint density at radius 1 is 0.938 bits per heavy atom. The van der Waals surface area contributed by atoms with Crippen LogP contribution < -0.4 is 10.1 Å². The lowest BCUT2D eigenvalue weighted by molar-refractivity contribution is 0.102. The molecule has 0 aliphatic rings. The highest BCUT2D eigenvalue weighted by atomic mass is 16.5. The summed E-state index contributed by atoms with van der Waals surface area (Å²) in [6.07, 6.45) is 3.51. The van der Waals surface area contributed by atoms with E-state index in [9.17, 15) is 4.79 Å². The smallest absolute Gasteiger partial charge is 0.255 e. The van der Waals surface area contributed by atoms with Gasteiger partial charge in [-0.3, -0.25) is 9.48 Å². The van der Waals surface area contributed by atoms with Crippen molar-refractivity contribution < 1.29 is 9.53 Å². The van der Waals surface area contributed by atoms with Gasteiger partial charge in [-0.1, -0.05) is 59.7 Å². The molecule has 32 heavy (non-hydrogen) atoms. The Hall–Kier alpha value is -3.86. The molecular formula is C27H27N3O2. The van der Waals surface area contributed by atoms with Gasteiger partial charge in [-0.2, -0.15) is 5.10 Å². The van der Waals surface area contributed by atoms with Gasteiger partial charge in [0.1, 0.15) is 12.4 Å². The topological polar surface area (TPSA) is 56.2 Å². The van der Waals surface area contributed by atoms with Crippen molar-refractivity contribution in [2.45, 2.75) is 33.9 Å². The number of amides is 1. The lowest BCUT2D eigenvalue weighted by atomic mass is 10.1. The minimum absolute atomic E-state index is 0.173. The number of carbonyl (C=O) groups is 1. The number of hydrogen-bond acceptors (Lipinski definition) is 3. The van der Waals surface area contributed by atoms with Crippen LogP contribution in [0.4, 0.5) is 5.69 Å². The number of benzene rings is 3. The van der Waals surface area contributed by atoms with E-state index in [0.29, 0.717) is 24.4 Å². The zero-order valence-electron chi connectivity index (χ0n) is 18.6. The van der Waals surface area contributed by atoms with Gasteiger partial charge in [-0.15, -0.1) is 0 Å². The fourth-order valence-electron chi connectivity index (χ4n) is 3.64. The van der Waals surface area contributed by atoms with Gasteiger partial charge < -0.3 is 10.1 Å². The summed E-state index contributed by atoms with van der Waals surface area (Å²) in [5, 5.41) is 7.29. The quantitative estimate of drug-likeness (QED) is 0.414. The van der Waals surface area contributed by atoms with Crippen molar-refractivity contribution in [1.82, 2.24) is 9.78 Å². The minimum Gasteiger partial charge on any atom is -0.489 e. The Bertz CT molecular complexity index is 1240. The van der Waals surface area contributed by atoms with E-state index in [0.717, 1.165) is 16.9 Å². The first-order chi connectivity index (χ1) is 15.5. The third-order valence-electron chi connectivity index (χ3n) is 5.23. The number of rotatable bonds is 7. The van der Waals surface area contributed by atoms with Crippen molar-refractivity contribution in [2.24, 2.45) is 0 Å². The monoisotopic (exact) mass is 425 g/mol. The summed E-state index contributed by atoms with van der Waals surface area (Å²) in [4.78, 5) is 12.8. The molecule has 4 rings (SSSR count). The third kappa shape index (κ3) is 5.43. The van der Waals surface area contributed by atoms with E-state index in [2.05, 4.69) is 48.5 Å². The van der Waals surface area contributed by atoms with E-state index < -0.39 is 0 Å². The third-order valence-corrected chi connectivity index (χ3v) is 5.23. The van der Waals surface area contributed by atoms with Crippen molar-refractivity contribution >= 4 is 11.6 Å². The maximum atomic E-state index is 12.8. The molecule has 0 spiro atoms. The average Bonchev–Trinajstić information content (AvgIpc) is 3.20. The number of anilines is 1. The second-order valence-electron chi connectivity index (χ2n) is 8.13. The molecule has 1 aromatic heterocycles. The second-order valence-corrected chi connectivity index (χ2v) is 8.13. The van der Waals surface area contributed by atoms with Crippen LogP contribution in [0.5, 0.6) is 5.75 Å². The molecule has 0 atom stereocenters. The molecule has 0 fully saturated rings. The summed E-state index contributed by atoms with van der Waals surface area (Å²) in [5.41, 5.74) is 6.87. The molecule has 4 aromatic rings. The van der Waals surface area contributed by atoms with Gasteiger partial charge in [0.05, 0.1) is 18.4 Å². The van der Waals surface area contributed by atoms with Crippen LogP contribution in [-0.2, 0) is 13.2 Å². The number of ether oxygens (including phenoxy) is 1. The summed E-state index contributed by atoms with van der Waals surface area (Å²) in [5.74, 6) is 0.681. The van der Waals surface area contributed by atoms with Gasteiger partial charge in [0.25, 0.3) is 5.91 Å². The highest BCUT2D eigenvalue weighted by Gasteiger charge is 2.09. The first kappa shape index (κ1) is 21.4. The van der Waals surface area contributed by atoms with Crippen molar-refractivity contribution in [3.8, 4) is 5.75 Å². The van der Waals surface area contributed by atoms with Gasteiger partial charge in [0.2, 0.25) is 0 Å². The van der Waals surface area contributed by atoms with E-state index in [-0.39, 0.29) is 5.91 Å². The molecule has 1 heterocycles. The zero-order chi connectivity index (χ0) is 22.5. The maximum absolute atomic E-state index is 12.8. The summed E-state index contributed by atoms with van der Waals surface area (Å²) in [6, 6.07) is 21.9. The number of carbonyl (C=O) groups excluding carboxylic acids is 1. The Balaban J connectivity index is 1.38. The lowest BCUT2D eigenvalue weighted by Crippen LogP contribution is -2.12. The standard InChI is InChI=1S/C27H27N3O2/c1-19-6-4-7-22(13-19)16-30-17-25(15-28-30)29-27(31)24-9-5-8-23(14-24)18-32-26-11-10-20(2)12-21(26)3/h4-15,17H,16,18H2,1-3H3,(H,29,31). The highest BCUT2D eigenvalue weighted by molar-refractivity contribution is 6.04. The van der Waals surface area contributed by atoms with Crippen molar-refractivity contribution in [2.75, 3.05) is 5.32 Å². The predicted molar refractivity (Wildman–Crippen MR) is 127 cm³/mol. The van der Waals surface area contributed by atoms with Gasteiger partial charge in [0, 0.05) is 11.8 Å². The molecule has 0 saturated carbocycles. The van der Waals surface area contributed by atoms with Crippen LogP contribution in [0.15, 0.2) is 79.1 Å². The molecule has 0 unspecified atom stereocenters. The molecule has 5 heteroatoms. The minimum atomic E-state index is -0.173. The van der Waals surface area contributed by atoms with E-state index in [1.165, 1.54) is 16.7 Å². The highest BCUT2D eigenvalue weighted by Crippen LogP contribution is 2.20. The number of aromatic nitrogens is 2. The van der Waals surface area contributed by atoms with Gasteiger partial charge in [-0.25, -0.2) is 0 Å². The van der Waals surface area contributed by atoms with Crippen molar-refractivity contribution in [3.63, 3.8) is 0 Å². The fraction of sp³-hybridized carbons (Fsp3) is 0.185. The Morgan fingerprint density at radius 2 is 1.72 bits per heavy atom. The molecule has 0 aliphatic carbocycles. The molecule has 5 nitrogen and oxygen atoms in total. The fourth-order valence-corrected chi connectivity index (χ4v) is 3.64. The molecular weight excluding hydrogens is 398 g/mol. The molecule has 1 N–H and O–H groups in total. The van der Waals surface area contributed by atoms with Crippen LogP contribution >= 0.6 is 0 Å². The van der Waals surface area contributed by atoms with E-state index in [1.807, 2.05) is 54.2 Å². The predicted octanol–water partition coefficient (Wildman–Crippen LogP) is 5.69. The van der Waals surface area contributed by atoms with Crippen LogP contribution in [0, 0.1) is 20.8 Å². The maximum Gasteiger partial charge on any atom is 0.255 e. The Labute approximate surface area is 188 Å². The summed E-state index contributed by atoms with van der Waals surface area (Å²) >= 11 is 0. The zero-order valence-corrected chi connectivity index (χ0v) is 18.6. The van der Waals surface area contributed by atoms with Crippen LogP contribution in [0.1, 0.15) is 38.2 Å². The van der Waals surface area contributed by atoms with Crippen molar-refractivity contribution in [1.29, 1.82) is 0 Å². The van der Waals surface area contributed by atoms with Crippen molar-refractivity contribution in [3.05, 3.63) is 113 Å². The van der Waals surface area contributed by atoms with Gasteiger partial charge in [0.15, 0.2) is 0 Å². The van der Waals surface area contributed by atoms with E-state index in [1.54, 1.807) is 12.3 Å². The number of hydrogen-bond donors (Lipinski definition) is 1. The van der Waals surface area contributed by atoms with Crippen LogP contribution in [0.3, 0.4) is 0 Å². The molecule has 0 bridgehead atoms. The van der Waals surface area contributed by atoms with E-state index in [4.69, 9.17) is 4.74 Å². The summed E-state index contributed by atoms with van der Waals surface area (Å²) in [6.45, 7) is 7.22.